The van der Waals surface area contributed by atoms with Crippen molar-refractivity contribution in [3.05, 3.63) is 29.8 Å². The summed E-state index contributed by atoms with van der Waals surface area (Å²) in [6, 6.07) is 5.02. The van der Waals surface area contributed by atoms with Gasteiger partial charge >= 0.3 is 12.1 Å². The smallest absolute Gasteiger partial charge is 0.338 e. The maximum atomic E-state index is 11.5. The molecule has 0 heterocycles. The van der Waals surface area contributed by atoms with Crippen molar-refractivity contribution in [2.75, 3.05) is 12.4 Å². The fourth-order valence-corrected chi connectivity index (χ4v) is 1.18. The standard InChI is InChI=1S/C11H14N4O3/c1-7(16)8-4-3-5-9(6-8)13-11(18)14-15(2)10(12)17/h3-6H,1-2H3,(H2,12,17)(H2,13,14,18). The second kappa shape index (κ2) is 5.67. The number of nitrogens with zero attached hydrogens (tertiary/aromatic N) is 1. The largest absolute Gasteiger partial charge is 0.350 e. The Hall–Kier alpha value is -2.57. The predicted octanol–water partition coefficient (Wildman–Crippen LogP) is 0.936. The minimum atomic E-state index is -0.789. The first-order valence-corrected chi connectivity index (χ1v) is 5.12. The highest BCUT2D eigenvalue weighted by molar-refractivity contribution is 5.96. The molecule has 18 heavy (non-hydrogen) atoms. The normalized spacial score (nSPS) is 9.44. The summed E-state index contributed by atoms with van der Waals surface area (Å²) in [5.41, 5.74) is 8.07. The summed E-state index contributed by atoms with van der Waals surface area (Å²) in [5, 5.41) is 3.31. The molecule has 7 nitrogen and oxygen atoms in total. The number of amides is 4. The number of hydrogen-bond acceptors (Lipinski definition) is 3. The van der Waals surface area contributed by atoms with E-state index in [1.165, 1.54) is 20.0 Å². The molecule has 0 aromatic heterocycles. The Bertz CT molecular complexity index is 487. The molecule has 1 rings (SSSR count). The number of urea groups is 2. The maximum Gasteiger partial charge on any atom is 0.338 e. The van der Waals surface area contributed by atoms with Crippen LogP contribution in [0.3, 0.4) is 0 Å². The van der Waals surface area contributed by atoms with Crippen molar-refractivity contribution in [3.63, 3.8) is 0 Å². The SMILES string of the molecule is CC(=O)c1cccc(NC(=O)NN(C)C(N)=O)c1. The zero-order valence-corrected chi connectivity index (χ0v) is 10.1. The van der Waals surface area contributed by atoms with E-state index in [0.717, 1.165) is 5.01 Å². The third-order valence-electron chi connectivity index (χ3n) is 2.13. The molecular formula is C11H14N4O3. The van der Waals surface area contributed by atoms with Crippen molar-refractivity contribution < 1.29 is 14.4 Å². The minimum Gasteiger partial charge on any atom is -0.350 e. The molecule has 0 unspecified atom stereocenters. The van der Waals surface area contributed by atoms with E-state index in [1.54, 1.807) is 18.2 Å². The summed E-state index contributed by atoms with van der Waals surface area (Å²) in [6.45, 7) is 1.43. The van der Waals surface area contributed by atoms with E-state index in [9.17, 15) is 14.4 Å². The number of nitrogens with two attached hydrogens (primary N) is 1. The number of carbonyl (C=O) groups excluding carboxylic acids is 3. The lowest BCUT2D eigenvalue weighted by molar-refractivity contribution is 0.101. The van der Waals surface area contributed by atoms with Crippen LogP contribution in [0, 0.1) is 0 Å². The molecule has 4 amide bonds. The van der Waals surface area contributed by atoms with Crippen LogP contribution in [0.4, 0.5) is 15.3 Å². The van der Waals surface area contributed by atoms with Gasteiger partial charge in [-0.1, -0.05) is 12.1 Å². The molecule has 0 bridgehead atoms. The Kier molecular flexibility index (Phi) is 4.25. The fraction of sp³-hybridized carbons (Fsp3) is 0.182. The number of Topliss-reactive ketones (excluding diaryl/α,β-unsaturated/α-hetero) is 1. The van der Waals surface area contributed by atoms with Crippen LogP contribution in [0.2, 0.25) is 0 Å². The quantitative estimate of drug-likeness (QED) is 0.537. The lowest BCUT2D eigenvalue weighted by Gasteiger charge is -2.16. The molecule has 0 saturated heterocycles. The first-order chi connectivity index (χ1) is 8.40. The molecular weight excluding hydrogens is 236 g/mol. The molecule has 0 spiro atoms. The Morgan fingerprint density at radius 1 is 1.28 bits per heavy atom. The minimum absolute atomic E-state index is 0.103. The van der Waals surface area contributed by atoms with Gasteiger partial charge in [0.25, 0.3) is 0 Å². The van der Waals surface area contributed by atoms with E-state index in [4.69, 9.17) is 5.73 Å². The van der Waals surface area contributed by atoms with Crippen LogP contribution < -0.4 is 16.5 Å². The van der Waals surface area contributed by atoms with Crippen molar-refractivity contribution in [2.45, 2.75) is 6.92 Å². The van der Waals surface area contributed by atoms with Crippen LogP contribution in [0.25, 0.3) is 0 Å². The Balaban J connectivity index is 2.67. The molecule has 4 N–H and O–H groups in total. The summed E-state index contributed by atoms with van der Waals surface area (Å²) in [4.78, 5) is 33.3. The zero-order valence-electron chi connectivity index (χ0n) is 10.1. The Morgan fingerprint density at radius 2 is 1.94 bits per heavy atom. The number of hydrogen-bond donors (Lipinski definition) is 3. The first kappa shape index (κ1) is 13.5. The molecule has 0 saturated carbocycles. The van der Waals surface area contributed by atoms with Gasteiger partial charge in [-0.2, -0.15) is 0 Å². The van der Waals surface area contributed by atoms with Gasteiger partial charge < -0.3 is 11.1 Å². The van der Waals surface area contributed by atoms with E-state index in [1.807, 2.05) is 0 Å². The predicted molar refractivity (Wildman–Crippen MR) is 65.9 cm³/mol. The van der Waals surface area contributed by atoms with E-state index in [-0.39, 0.29) is 5.78 Å². The summed E-state index contributed by atoms with van der Waals surface area (Å²) in [6.07, 6.45) is 0. The molecule has 0 aliphatic heterocycles. The molecule has 0 aliphatic rings. The van der Waals surface area contributed by atoms with Crippen LogP contribution in [-0.2, 0) is 0 Å². The molecule has 7 heteroatoms. The van der Waals surface area contributed by atoms with Gasteiger partial charge in [0, 0.05) is 18.3 Å². The van der Waals surface area contributed by atoms with Crippen molar-refractivity contribution in [1.82, 2.24) is 10.4 Å². The lowest BCUT2D eigenvalue weighted by Crippen LogP contribution is -2.47. The van der Waals surface area contributed by atoms with Crippen molar-refractivity contribution in [3.8, 4) is 0 Å². The van der Waals surface area contributed by atoms with Crippen LogP contribution in [0.15, 0.2) is 24.3 Å². The summed E-state index contributed by atoms with van der Waals surface area (Å²) < 4.78 is 0. The molecule has 0 aliphatic carbocycles. The average Bonchev–Trinajstić information content (AvgIpc) is 2.28. The van der Waals surface area contributed by atoms with Gasteiger partial charge in [0.1, 0.15) is 0 Å². The summed E-state index contributed by atoms with van der Waals surface area (Å²) in [7, 11) is 1.31. The van der Waals surface area contributed by atoms with Gasteiger partial charge in [-0.05, 0) is 19.1 Å². The molecule has 1 aromatic rings. The highest BCUT2D eigenvalue weighted by Crippen LogP contribution is 2.10. The van der Waals surface area contributed by atoms with E-state index in [0.29, 0.717) is 11.3 Å². The molecule has 0 fully saturated rings. The molecule has 0 atom stereocenters. The van der Waals surface area contributed by atoms with Gasteiger partial charge in [-0.25, -0.2) is 20.0 Å². The van der Waals surface area contributed by atoms with E-state index in [2.05, 4.69) is 10.7 Å². The second-order valence-electron chi connectivity index (χ2n) is 3.60. The van der Waals surface area contributed by atoms with Crippen molar-refractivity contribution in [1.29, 1.82) is 0 Å². The number of primary amides is 1. The number of ketones is 1. The van der Waals surface area contributed by atoms with E-state index >= 15 is 0 Å². The van der Waals surface area contributed by atoms with Crippen LogP contribution in [0.1, 0.15) is 17.3 Å². The van der Waals surface area contributed by atoms with Crippen LogP contribution in [-0.4, -0.2) is 29.9 Å². The molecule has 1 aromatic carbocycles. The van der Waals surface area contributed by atoms with Gasteiger partial charge in [0.15, 0.2) is 5.78 Å². The monoisotopic (exact) mass is 250 g/mol. The fourth-order valence-electron chi connectivity index (χ4n) is 1.18. The lowest BCUT2D eigenvalue weighted by atomic mass is 10.1. The van der Waals surface area contributed by atoms with Gasteiger partial charge in [0.05, 0.1) is 0 Å². The maximum absolute atomic E-state index is 11.5. The summed E-state index contributed by atoms with van der Waals surface area (Å²) >= 11 is 0. The van der Waals surface area contributed by atoms with Crippen LogP contribution >= 0.6 is 0 Å². The molecule has 0 radical (unpaired) electrons. The van der Waals surface area contributed by atoms with Crippen molar-refractivity contribution in [2.24, 2.45) is 5.73 Å². The highest BCUT2D eigenvalue weighted by atomic mass is 16.2. The van der Waals surface area contributed by atoms with Crippen molar-refractivity contribution >= 4 is 23.5 Å². The van der Waals surface area contributed by atoms with Gasteiger partial charge in [-0.15, -0.1) is 0 Å². The highest BCUT2D eigenvalue weighted by Gasteiger charge is 2.08. The second-order valence-corrected chi connectivity index (χ2v) is 3.60. The van der Waals surface area contributed by atoms with Gasteiger partial charge in [-0.3, -0.25) is 4.79 Å². The number of carbonyl (C=O) groups is 3. The number of nitrogens with one attached hydrogen (secondary N) is 2. The number of benzene rings is 1. The third kappa shape index (κ3) is 3.78. The number of anilines is 1. The number of rotatable bonds is 2. The average molecular weight is 250 g/mol. The Labute approximate surface area is 104 Å². The van der Waals surface area contributed by atoms with Gasteiger partial charge in [0.2, 0.25) is 0 Å². The Morgan fingerprint density at radius 3 is 2.50 bits per heavy atom. The van der Waals surface area contributed by atoms with Crippen LogP contribution in [0.5, 0.6) is 0 Å². The number of hydrazine groups is 1. The summed E-state index contributed by atoms with van der Waals surface area (Å²) in [5.74, 6) is -0.103. The zero-order chi connectivity index (χ0) is 13.7. The molecule has 96 valence electrons. The topological polar surface area (TPSA) is 105 Å². The first-order valence-electron chi connectivity index (χ1n) is 5.12. The van der Waals surface area contributed by atoms with E-state index < -0.39 is 12.1 Å². The third-order valence-corrected chi connectivity index (χ3v) is 2.13.